The molecule has 1 aliphatic heterocycles. The van der Waals surface area contributed by atoms with Crippen molar-refractivity contribution in [2.24, 2.45) is 0 Å². The Kier molecular flexibility index (Phi) is 6.37. The van der Waals surface area contributed by atoms with Gasteiger partial charge >= 0.3 is 6.18 Å². The van der Waals surface area contributed by atoms with Crippen LogP contribution in [0.25, 0.3) is 16.9 Å². The molecule has 1 saturated heterocycles. The fourth-order valence-electron chi connectivity index (χ4n) is 4.25. The molecule has 3 aromatic heterocycles. The molecule has 0 unspecified atom stereocenters. The summed E-state index contributed by atoms with van der Waals surface area (Å²) in [4.78, 5) is 22.8. The van der Waals surface area contributed by atoms with Crippen LogP contribution in [0.15, 0.2) is 36.9 Å². The van der Waals surface area contributed by atoms with Crippen molar-refractivity contribution in [2.75, 3.05) is 26.3 Å². The summed E-state index contributed by atoms with van der Waals surface area (Å²) in [6, 6.07) is 4.58. The Morgan fingerprint density at radius 2 is 2.03 bits per heavy atom. The standard InChI is InChI=1S/C24H20F3N7O4/c1-14-10-15(11-18(35)19(14)23(36)32-6-8-37-9-7-32)38-22-21-30-12-17(34(21)5-3-29-22)16-13-33(4-2-28)31-20(16)24(25,26)27/h3,5,10-13,35H,4,6-9H2,1H3. The minimum Gasteiger partial charge on any atom is -0.507 e. The first kappa shape index (κ1) is 25.0. The van der Waals surface area contributed by atoms with Gasteiger partial charge in [-0.3, -0.25) is 13.9 Å². The maximum atomic E-state index is 13.7. The van der Waals surface area contributed by atoms with Gasteiger partial charge in [-0.15, -0.1) is 0 Å². The van der Waals surface area contributed by atoms with Crippen LogP contribution < -0.4 is 4.74 Å². The Morgan fingerprint density at radius 3 is 2.71 bits per heavy atom. The maximum absolute atomic E-state index is 13.7. The van der Waals surface area contributed by atoms with E-state index in [-0.39, 0.29) is 52.3 Å². The van der Waals surface area contributed by atoms with Crippen LogP contribution in [0.2, 0.25) is 0 Å². The lowest BCUT2D eigenvalue weighted by molar-refractivity contribution is -0.141. The summed E-state index contributed by atoms with van der Waals surface area (Å²) in [6.07, 6.45) is 0.326. The van der Waals surface area contributed by atoms with Crippen LogP contribution in [0.3, 0.4) is 0 Å². The monoisotopic (exact) mass is 527 g/mol. The molecule has 14 heteroatoms. The van der Waals surface area contributed by atoms with Gasteiger partial charge in [-0.25, -0.2) is 9.97 Å². The molecule has 4 heterocycles. The number of nitriles is 1. The lowest BCUT2D eigenvalue weighted by Gasteiger charge is -2.27. The second kappa shape index (κ2) is 9.67. The van der Waals surface area contributed by atoms with Crippen LogP contribution in [-0.2, 0) is 17.5 Å². The molecule has 0 atom stereocenters. The van der Waals surface area contributed by atoms with Crippen molar-refractivity contribution >= 4 is 11.6 Å². The van der Waals surface area contributed by atoms with E-state index in [1.54, 1.807) is 24.0 Å². The molecule has 4 aromatic rings. The number of morpholine rings is 1. The summed E-state index contributed by atoms with van der Waals surface area (Å²) in [5.74, 6) is -0.498. The highest BCUT2D eigenvalue weighted by Gasteiger charge is 2.38. The molecule has 196 valence electrons. The number of imidazole rings is 1. The first-order chi connectivity index (χ1) is 18.2. The summed E-state index contributed by atoms with van der Waals surface area (Å²) in [7, 11) is 0. The number of fused-ring (bicyclic) bond motifs is 1. The predicted octanol–water partition coefficient (Wildman–Crippen LogP) is 3.41. The fourth-order valence-corrected chi connectivity index (χ4v) is 4.25. The van der Waals surface area contributed by atoms with Crippen molar-refractivity contribution in [1.82, 2.24) is 29.0 Å². The molecule has 1 aromatic carbocycles. The zero-order valence-electron chi connectivity index (χ0n) is 19.9. The van der Waals surface area contributed by atoms with Crippen molar-refractivity contribution in [3.63, 3.8) is 0 Å². The number of alkyl halides is 3. The molecule has 1 amide bonds. The molecule has 0 radical (unpaired) electrons. The molecule has 0 saturated carbocycles. The van der Waals surface area contributed by atoms with Crippen molar-refractivity contribution in [2.45, 2.75) is 19.6 Å². The van der Waals surface area contributed by atoms with Crippen LogP contribution in [0.1, 0.15) is 21.6 Å². The van der Waals surface area contributed by atoms with Crippen molar-refractivity contribution < 1.29 is 32.5 Å². The second-order valence-electron chi connectivity index (χ2n) is 8.46. The summed E-state index contributed by atoms with van der Waals surface area (Å²) in [5, 5.41) is 23.0. The van der Waals surface area contributed by atoms with E-state index in [0.717, 1.165) is 10.9 Å². The van der Waals surface area contributed by atoms with Gasteiger partial charge in [0.25, 0.3) is 11.8 Å². The Bertz CT molecular complexity index is 1540. The van der Waals surface area contributed by atoms with Gasteiger partial charge in [0.15, 0.2) is 5.69 Å². The van der Waals surface area contributed by atoms with Gasteiger partial charge in [0.1, 0.15) is 18.0 Å². The average molecular weight is 527 g/mol. The van der Waals surface area contributed by atoms with Crippen LogP contribution in [0, 0.1) is 18.3 Å². The minimum atomic E-state index is -4.76. The minimum absolute atomic E-state index is 0.0391. The Balaban J connectivity index is 1.49. The number of aryl methyl sites for hydroxylation is 1. The van der Waals surface area contributed by atoms with Gasteiger partial charge in [0.05, 0.1) is 42.3 Å². The van der Waals surface area contributed by atoms with E-state index in [1.807, 2.05) is 0 Å². The molecule has 0 spiro atoms. The highest BCUT2D eigenvalue weighted by atomic mass is 19.4. The van der Waals surface area contributed by atoms with E-state index in [9.17, 15) is 23.1 Å². The highest BCUT2D eigenvalue weighted by molar-refractivity contribution is 5.98. The van der Waals surface area contributed by atoms with Crippen molar-refractivity contribution in [3.05, 3.63) is 53.7 Å². The molecule has 0 bridgehead atoms. The normalized spacial score (nSPS) is 14.0. The van der Waals surface area contributed by atoms with Crippen LogP contribution in [0.4, 0.5) is 13.2 Å². The van der Waals surface area contributed by atoms with E-state index < -0.39 is 11.9 Å². The summed E-state index contributed by atoms with van der Waals surface area (Å²) < 4.78 is 54.4. The zero-order valence-corrected chi connectivity index (χ0v) is 19.9. The SMILES string of the molecule is Cc1cc(Oc2nccn3c(-c4cn(CC#N)nc4C(F)(F)F)cnc23)cc(O)c1C(=O)N1CCOCC1. The number of halogens is 3. The van der Waals surface area contributed by atoms with Gasteiger partial charge in [-0.1, -0.05) is 0 Å². The molecular formula is C24H20F3N7O4. The molecule has 5 rings (SSSR count). The van der Waals surface area contributed by atoms with E-state index in [4.69, 9.17) is 14.7 Å². The number of carbonyl (C=O) groups is 1. The lowest BCUT2D eigenvalue weighted by Crippen LogP contribution is -2.41. The number of hydrogen-bond acceptors (Lipinski definition) is 8. The molecule has 11 nitrogen and oxygen atoms in total. The van der Waals surface area contributed by atoms with Gasteiger partial charge in [0, 0.05) is 37.7 Å². The zero-order chi connectivity index (χ0) is 27.0. The molecule has 0 aliphatic carbocycles. The Morgan fingerprint density at radius 1 is 1.26 bits per heavy atom. The number of ether oxygens (including phenoxy) is 2. The van der Waals surface area contributed by atoms with E-state index in [2.05, 4.69) is 15.1 Å². The van der Waals surface area contributed by atoms with Gasteiger partial charge in [-0.05, 0) is 18.6 Å². The number of aromatic nitrogens is 5. The third kappa shape index (κ3) is 4.59. The third-order valence-electron chi connectivity index (χ3n) is 5.95. The number of amides is 1. The summed E-state index contributed by atoms with van der Waals surface area (Å²) in [5.41, 5.74) is -0.648. The highest BCUT2D eigenvalue weighted by Crippen LogP contribution is 2.38. The summed E-state index contributed by atoms with van der Waals surface area (Å²) in [6.45, 7) is 2.95. The van der Waals surface area contributed by atoms with Gasteiger partial charge < -0.3 is 19.5 Å². The predicted molar refractivity (Wildman–Crippen MR) is 124 cm³/mol. The molecule has 1 fully saturated rings. The quantitative estimate of drug-likeness (QED) is 0.418. The lowest BCUT2D eigenvalue weighted by atomic mass is 10.1. The number of benzene rings is 1. The largest absolute Gasteiger partial charge is 0.507 e. The van der Waals surface area contributed by atoms with Crippen LogP contribution in [0.5, 0.6) is 17.4 Å². The maximum Gasteiger partial charge on any atom is 0.435 e. The second-order valence-corrected chi connectivity index (χ2v) is 8.46. The van der Waals surface area contributed by atoms with Crippen molar-refractivity contribution in [1.29, 1.82) is 5.26 Å². The smallest absolute Gasteiger partial charge is 0.435 e. The number of carbonyl (C=O) groups excluding carboxylic acids is 1. The van der Waals surface area contributed by atoms with Gasteiger partial charge in [0.2, 0.25) is 5.65 Å². The number of aromatic hydroxyl groups is 1. The first-order valence-electron chi connectivity index (χ1n) is 11.4. The van der Waals surface area contributed by atoms with Gasteiger partial charge in [-0.2, -0.15) is 23.5 Å². The Labute approximate surface area is 213 Å². The topological polar surface area (TPSA) is 131 Å². The van der Waals surface area contributed by atoms with Crippen LogP contribution in [-0.4, -0.2) is 66.4 Å². The third-order valence-corrected chi connectivity index (χ3v) is 5.95. The van der Waals surface area contributed by atoms with E-state index >= 15 is 0 Å². The molecule has 38 heavy (non-hydrogen) atoms. The number of hydrogen-bond donors (Lipinski definition) is 1. The number of rotatable bonds is 5. The molecular weight excluding hydrogens is 507 g/mol. The first-order valence-corrected chi connectivity index (χ1v) is 11.4. The molecule has 1 N–H and O–H groups in total. The Hall–Kier alpha value is -4.64. The summed E-state index contributed by atoms with van der Waals surface area (Å²) >= 11 is 0. The number of phenolic OH excluding ortho intramolecular Hbond substituents is 1. The number of nitrogens with zero attached hydrogens (tertiary/aromatic N) is 7. The average Bonchev–Trinajstić information content (AvgIpc) is 3.49. The number of phenols is 1. The fraction of sp³-hybridized carbons (Fsp3) is 0.292. The van der Waals surface area contributed by atoms with E-state index in [0.29, 0.717) is 31.9 Å². The van der Waals surface area contributed by atoms with Crippen LogP contribution >= 0.6 is 0 Å². The molecule has 1 aliphatic rings. The van der Waals surface area contributed by atoms with E-state index in [1.165, 1.54) is 29.1 Å². The van der Waals surface area contributed by atoms with Crippen molar-refractivity contribution in [3.8, 4) is 34.7 Å².